The highest BCUT2D eigenvalue weighted by atomic mass is 16.3. The SMILES string of the molecule is CC(C)(C)c1cc2c(O)c(c1)-c1[nH]c(c3c1CCCC3)C1(CCCC1)c1[nH]c(c3c1CCCC3)-c1cc(C(C)(C)C)cc(c1O)-c1ccc3ccc4ccc-2nc4c3n1. The van der Waals surface area contributed by atoms with Gasteiger partial charge in [0.1, 0.15) is 11.5 Å². The van der Waals surface area contributed by atoms with Crippen LogP contribution in [0.3, 0.4) is 0 Å². The van der Waals surface area contributed by atoms with Gasteiger partial charge in [0.05, 0.1) is 39.2 Å². The van der Waals surface area contributed by atoms with Gasteiger partial charge in [0, 0.05) is 44.4 Å². The zero-order valence-corrected chi connectivity index (χ0v) is 35.5. The monoisotopic (exact) mass is 780 g/mol. The number of phenols is 2. The molecule has 0 atom stereocenters. The van der Waals surface area contributed by atoms with Crippen LogP contribution in [0, 0.1) is 0 Å². The molecular formula is C53H56N4O2. The van der Waals surface area contributed by atoms with Crippen LogP contribution in [0.2, 0.25) is 0 Å². The van der Waals surface area contributed by atoms with E-state index in [1.807, 2.05) is 12.1 Å². The van der Waals surface area contributed by atoms with Gasteiger partial charge in [-0.1, -0.05) is 78.6 Å². The van der Waals surface area contributed by atoms with E-state index in [0.717, 1.165) is 129 Å². The van der Waals surface area contributed by atoms with E-state index < -0.39 is 0 Å². The topological polar surface area (TPSA) is 97.8 Å². The second kappa shape index (κ2) is 12.8. The van der Waals surface area contributed by atoms with Crippen molar-refractivity contribution >= 4 is 21.8 Å². The molecule has 4 N–H and O–H groups in total. The first-order valence-corrected chi connectivity index (χ1v) is 22.3. The number of rotatable bonds is 0. The van der Waals surface area contributed by atoms with Gasteiger partial charge in [-0.15, -0.1) is 0 Å². The Morgan fingerprint density at radius 3 is 1.27 bits per heavy atom. The molecule has 59 heavy (non-hydrogen) atoms. The van der Waals surface area contributed by atoms with Crippen LogP contribution >= 0.6 is 0 Å². The highest BCUT2D eigenvalue weighted by Gasteiger charge is 2.46. The molecule has 12 bridgehead atoms. The number of benzene rings is 3. The molecule has 0 radical (unpaired) electrons. The third-order valence-electron chi connectivity index (χ3n) is 14.6. The summed E-state index contributed by atoms with van der Waals surface area (Å²) in [6.07, 6.45) is 13.1. The summed E-state index contributed by atoms with van der Waals surface area (Å²) >= 11 is 0. The lowest BCUT2D eigenvalue weighted by molar-refractivity contribution is 0.477. The fourth-order valence-corrected chi connectivity index (χ4v) is 11.3. The predicted octanol–water partition coefficient (Wildman–Crippen LogP) is 13.0. The second-order valence-electron chi connectivity index (χ2n) is 20.3. The van der Waals surface area contributed by atoms with Crippen LogP contribution in [0.25, 0.3) is 66.8 Å². The number of aromatic amines is 2. The Labute approximate surface area is 347 Å². The third-order valence-corrected chi connectivity index (χ3v) is 14.6. The van der Waals surface area contributed by atoms with Crippen LogP contribution in [0.4, 0.5) is 0 Å². The summed E-state index contributed by atoms with van der Waals surface area (Å²) in [4.78, 5) is 19.1. The highest BCUT2D eigenvalue weighted by Crippen LogP contribution is 2.55. The van der Waals surface area contributed by atoms with Crippen LogP contribution < -0.4 is 0 Å². The van der Waals surface area contributed by atoms with E-state index in [4.69, 9.17) is 9.97 Å². The number of hydrogen-bond donors (Lipinski definition) is 4. The molecule has 0 amide bonds. The minimum atomic E-state index is -0.219. The number of aromatic hydroxyl groups is 2. The van der Waals surface area contributed by atoms with Crippen molar-refractivity contribution in [2.45, 2.75) is 135 Å². The predicted molar refractivity (Wildman–Crippen MR) is 241 cm³/mol. The van der Waals surface area contributed by atoms with E-state index in [1.54, 1.807) is 0 Å². The number of nitrogens with one attached hydrogen (secondary N) is 2. The van der Waals surface area contributed by atoms with Crippen LogP contribution in [0.1, 0.15) is 138 Å². The van der Waals surface area contributed by atoms with Gasteiger partial charge < -0.3 is 20.2 Å². The lowest BCUT2D eigenvalue weighted by Gasteiger charge is -2.32. The van der Waals surface area contributed by atoms with Crippen molar-refractivity contribution in [3.8, 4) is 56.5 Å². The summed E-state index contributed by atoms with van der Waals surface area (Å²) in [6.45, 7) is 13.5. The minimum absolute atomic E-state index is 0.171. The molecule has 7 aromatic rings. The van der Waals surface area contributed by atoms with Crippen molar-refractivity contribution in [2.24, 2.45) is 0 Å². The Morgan fingerprint density at radius 2 is 0.864 bits per heavy atom. The van der Waals surface area contributed by atoms with Crippen LogP contribution in [-0.2, 0) is 41.9 Å². The van der Waals surface area contributed by atoms with E-state index >= 15 is 0 Å². The van der Waals surface area contributed by atoms with E-state index in [-0.39, 0.29) is 27.7 Å². The Balaban J connectivity index is 1.31. The zero-order chi connectivity index (χ0) is 40.6. The molecule has 4 aromatic heterocycles. The quantitative estimate of drug-likeness (QED) is 0.115. The molecular weight excluding hydrogens is 725 g/mol. The normalized spacial score (nSPS) is 17.1. The Morgan fingerprint density at radius 1 is 0.492 bits per heavy atom. The molecule has 6 nitrogen and oxygen atoms in total. The molecule has 1 saturated carbocycles. The first kappa shape index (κ1) is 36.7. The molecule has 1 spiro atoms. The Bertz CT molecular complexity index is 2700. The molecule has 4 aliphatic rings. The van der Waals surface area contributed by atoms with Gasteiger partial charge in [-0.25, -0.2) is 9.97 Å². The smallest absolute Gasteiger partial charge is 0.134 e. The third kappa shape index (κ3) is 5.50. The van der Waals surface area contributed by atoms with Gasteiger partial charge in [0.15, 0.2) is 0 Å². The summed E-state index contributed by atoms with van der Waals surface area (Å²) in [5, 5.41) is 27.3. The maximum Gasteiger partial charge on any atom is 0.134 e. The molecule has 3 aliphatic carbocycles. The lowest BCUT2D eigenvalue weighted by atomic mass is 9.73. The molecule has 11 rings (SSSR count). The fourth-order valence-electron chi connectivity index (χ4n) is 11.3. The number of pyridine rings is 2. The lowest BCUT2D eigenvalue weighted by Crippen LogP contribution is -2.28. The average Bonchev–Trinajstić information content (AvgIpc) is 3.96. The standard InChI is InChI=1S/C53H56N4O2/c1-51(2,3)31-25-37-41-21-19-29-17-18-30-20-22-42(55-44(30)43(29)54-41)38-26-32(52(4,5)6)28-40(48(38)59)46-34-14-8-10-16-36(34)50(57-46)53(23-11-12-24-53)49-35-15-9-7-13-33(35)45(56-49)39(27-31)47(37)58/h17-22,25-28,56-59H,7-16,23-24H2,1-6H3. The van der Waals surface area contributed by atoms with Crippen molar-refractivity contribution in [3.05, 3.63) is 105 Å². The van der Waals surface area contributed by atoms with E-state index in [1.165, 1.54) is 59.3 Å². The van der Waals surface area contributed by atoms with Crippen LogP contribution in [0.15, 0.2) is 60.7 Å². The fraction of sp³-hybridized carbons (Fsp3) is 0.396. The zero-order valence-electron chi connectivity index (χ0n) is 35.5. The maximum absolute atomic E-state index is 12.7. The highest BCUT2D eigenvalue weighted by molar-refractivity contribution is 6.04. The molecule has 6 heteroatoms. The first-order valence-electron chi connectivity index (χ1n) is 22.3. The largest absolute Gasteiger partial charge is 0.507 e. The van der Waals surface area contributed by atoms with E-state index in [2.05, 4.69) is 100 Å². The van der Waals surface area contributed by atoms with Gasteiger partial charge in [-0.3, -0.25) is 0 Å². The maximum atomic E-state index is 12.7. The number of aromatic nitrogens is 4. The number of fused-ring (bicyclic) bond motifs is 22. The Kier molecular flexibility index (Phi) is 7.97. The molecule has 0 unspecified atom stereocenters. The summed E-state index contributed by atoms with van der Waals surface area (Å²) in [5.74, 6) is 0.544. The average molecular weight is 781 g/mol. The van der Waals surface area contributed by atoms with Gasteiger partial charge in [0.2, 0.25) is 0 Å². The van der Waals surface area contributed by atoms with E-state index in [0.29, 0.717) is 0 Å². The molecule has 0 saturated heterocycles. The van der Waals surface area contributed by atoms with E-state index in [9.17, 15) is 10.2 Å². The molecule has 5 heterocycles. The second-order valence-corrected chi connectivity index (χ2v) is 20.3. The number of nitrogens with zero attached hydrogens (tertiary/aromatic N) is 2. The summed E-state index contributed by atoms with van der Waals surface area (Å²) in [6, 6.07) is 21.3. The van der Waals surface area contributed by atoms with Crippen LogP contribution in [0.5, 0.6) is 11.5 Å². The minimum Gasteiger partial charge on any atom is -0.507 e. The van der Waals surface area contributed by atoms with Crippen molar-refractivity contribution in [1.82, 2.24) is 19.9 Å². The number of H-pyrrole nitrogens is 2. The number of phenolic OH excluding ortho intramolecular Hbond substituents is 2. The van der Waals surface area contributed by atoms with Crippen molar-refractivity contribution in [1.29, 1.82) is 0 Å². The van der Waals surface area contributed by atoms with Gasteiger partial charge >= 0.3 is 0 Å². The van der Waals surface area contributed by atoms with Crippen molar-refractivity contribution < 1.29 is 10.2 Å². The van der Waals surface area contributed by atoms with Gasteiger partial charge in [-0.2, -0.15) is 0 Å². The molecule has 300 valence electrons. The van der Waals surface area contributed by atoms with Gasteiger partial charge in [-0.05, 0) is 145 Å². The number of hydrogen-bond acceptors (Lipinski definition) is 4. The van der Waals surface area contributed by atoms with Crippen molar-refractivity contribution in [2.75, 3.05) is 0 Å². The first-order chi connectivity index (χ1) is 28.3. The molecule has 1 aliphatic heterocycles. The summed E-state index contributed by atoms with van der Waals surface area (Å²) < 4.78 is 0. The molecule has 3 aromatic carbocycles. The summed E-state index contributed by atoms with van der Waals surface area (Å²) in [5.41, 5.74) is 18.5. The van der Waals surface area contributed by atoms with Crippen molar-refractivity contribution in [3.63, 3.8) is 0 Å². The van der Waals surface area contributed by atoms with Gasteiger partial charge in [0.25, 0.3) is 0 Å². The molecule has 1 fully saturated rings. The summed E-state index contributed by atoms with van der Waals surface area (Å²) in [7, 11) is 0. The Hall–Kier alpha value is -5.36. The van der Waals surface area contributed by atoms with Crippen LogP contribution in [-0.4, -0.2) is 30.1 Å².